The quantitative estimate of drug-likeness (QED) is 0.157. The summed E-state index contributed by atoms with van der Waals surface area (Å²) in [7, 11) is 4.64. The fourth-order valence-electron chi connectivity index (χ4n) is 9.92. The normalized spacial score (nSPS) is 43.0. The molecule has 13 nitrogen and oxygen atoms in total. The molecule has 4 aliphatic rings. The third-order valence-corrected chi connectivity index (χ3v) is 13.5. The Morgan fingerprint density at radius 2 is 1.57 bits per heavy atom. The fraction of sp³-hybridized carbons (Fsp3) is 0.800. The van der Waals surface area contributed by atoms with Crippen molar-refractivity contribution in [2.45, 2.75) is 179 Å². The molecule has 2 saturated heterocycles. The number of hydrogen-bond acceptors (Lipinski definition) is 12. The Morgan fingerprint density at radius 3 is 2.19 bits per heavy atom. The number of rotatable bonds is 7. The van der Waals surface area contributed by atoms with Gasteiger partial charge in [-0.3, -0.25) is 9.59 Å². The van der Waals surface area contributed by atoms with Crippen molar-refractivity contribution in [2.75, 3.05) is 21.3 Å². The number of Topliss-reactive ketones (excluding diaryl/α,β-unsaturated/α-hetero) is 1. The molecule has 0 aromatic heterocycles. The molecular formula is C45H73NO12. The third kappa shape index (κ3) is 11.1. The highest BCUT2D eigenvalue weighted by molar-refractivity contribution is 6.39. The van der Waals surface area contributed by atoms with Crippen LogP contribution in [0.5, 0.6) is 0 Å². The number of esters is 1. The first-order valence-corrected chi connectivity index (χ1v) is 21.5. The summed E-state index contributed by atoms with van der Waals surface area (Å²) in [4.78, 5) is 44.7. The topological polar surface area (TPSA) is 182 Å². The summed E-state index contributed by atoms with van der Waals surface area (Å²) >= 11 is 0. The molecule has 16 atom stereocenters. The van der Waals surface area contributed by atoms with Gasteiger partial charge in [-0.15, -0.1) is 6.58 Å². The minimum absolute atomic E-state index is 0.0000846. The SMILES string of the molecule is C=CC1CCC[C@H]2C(=O)O[C@H](/C(C)=C/[C@@H]3CC[C@@H](O)[C@H](OC)C3)[C@H](C)[C@@H](O)C[C@H](O)[C@H](CC)/C=C(\C)C[C@H](C)C[C@H](OC)[C@H]3O[C@@](O)(C(=O)C(=O)N12)[C@H](C)C[C@@H]3OC. The van der Waals surface area contributed by atoms with Crippen LogP contribution in [0.25, 0.3) is 0 Å². The van der Waals surface area contributed by atoms with Gasteiger partial charge in [-0.1, -0.05) is 51.5 Å². The molecular weight excluding hydrogens is 746 g/mol. The Hall–Kier alpha value is -2.49. The van der Waals surface area contributed by atoms with E-state index in [1.165, 1.54) is 25.2 Å². The molecule has 3 aliphatic heterocycles. The molecule has 13 heteroatoms. The van der Waals surface area contributed by atoms with Crippen molar-refractivity contribution in [3.8, 4) is 0 Å². The first-order chi connectivity index (χ1) is 27.4. The van der Waals surface area contributed by atoms with Crippen LogP contribution in [0.1, 0.15) is 112 Å². The number of nitrogens with zero attached hydrogens (tertiary/aromatic N) is 1. The summed E-state index contributed by atoms with van der Waals surface area (Å²) < 4.78 is 30.0. The molecule has 0 radical (unpaired) electrons. The summed E-state index contributed by atoms with van der Waals surface area (Å²) in [6.07, 6.45) is 4.61. The van der Waals surface area contributed by atoms with Crippen LogP contribution in [-0.4, -0.2) is 131 Å². The maximum atomic E-state index is 14.5. The Labute approximate surface area is 346 Å². The lowest BCUT2D eigenvalue weighted by atomic mass is 9.81. The molecule has 4 N–H and O–H groups in total. The number of ether oxygens (including phenoxy) is 5. The van der Waals surface area contributed by atoms with Gasteiger partial charge in [0.05, 0.1) is 42.7 Å². The molecule has 3 heterocycles. The molecule has 2 bridgehead atoms. The van der Waals surface area contributed by atoms with Crippen LogP contribution < -0.4 is 0 Å². The van der Waals surface area contributed by atoms with Crippen LogP contribution in [0.15, 0.2) is 36.0 Å². The van der Waals surface area contributed by atoms with E-state index in [0.29, 0.717) is 56.9 Å². The van der Waals surface area contributed by atoms with Gasteiger partial charge in [0.15, 0.2) is 0 Å². The van der Waals surface area contributed by atoms with Crippen molar-refractivity contribution in [1.29, 1.82) is 0 Å². The van der Waals surface area contributed by atoms with Gasteiger partial charge >= 0.3 is 5.97 Å². The number of aliphatic hydroxyl groups is 4. The number of carbonyl (C=O) groups is 3. The van der Waals surface area contributed by atoms with Crippen LogP contribution in [0.4, 0.5) is 0 Å². The molecule has 1 saturated carbocycles. The van der Waals surface area contributed by atoms with Gasteiger partial charge in [0, 0.05) is 45.5 Å². The number of ketones is 1. The number of aliphatic hydroxyl groups excluding tert-OH is 3. The Bertz CT molecular complexity index is 1470. The molecule has 1 amide bonds. The van der Waals surface area contributed by atoms with Crippen molar-refractivity contribution in [2.24, 2.45) is 29.6 Å². The number of fused-ring (bicyclic) bond motifs is 3. The fourth-order valence-corrected chi connectivity index (χ4v) is 9.92. The smallest absolute Gasteiger partial charge is 0.329 e. The standard InChI is InChI=1S/C45H73NO12/c1-11-31-19-25(3)18-26(4)20-38(55-9)41-39(56-10)22-28(6)45(53,58-41)42(50)43(51)46-32(12-2)14-13-15-33(46)44(52)57-40(29(7)35(48)24-36(31)49)27(5)21-30-16-17-34(47)37(23-30)54-8/h12,19,21,26,28-41,47-49,53H,2,11,13-18,20,22-24H2,1,3-10H3/b25-19+,27-21+/t26-,28+,29+,30-,31+,32?,33-,34+,35-,36-,37+,38-,39-,40+,41+,45+/m0/s1. The van der Waals surface area contributed by atoms with Crippen LogP contribution in [0, 0.1) is 29.6 Å². The van der Waals surface area contributed by atoms with Crippen molar-refractivity contribution < 1.29 is 58.5 Å². The van der Waals surface area contributed by atoms with E-state index in [1.54, 1.807) is 21.0 Å². The number of hydrogen-bond donors (Lipinski definition) is 4. The van der Waals surface area contributed by atoms with Gasteiger partial charge in [0.1, 0.15) is 18.2 Å². The maximum Gasteiger partial charge on any atom is 0.329 e. The van der Waals surface area contributed by atoms with Gasteiger partial charge in [0.2, 0.25) is 5.79 Å². The lowest BCUT2D eigenvalue weighted by Gasteiger charge is -2.47. The average Bonchev–Trinajstić information content (AvgIpc) is 3.20. The van der Waals surface area contributed by atoms with Crippen molar-refractivity contribution >= 4 is 17.7 Å². The number of allylic oxidation sites excluding steroid dienone is 2. The molecule has 4 rings (SSSR count). The number of cyclic esters (lactones) is 1. The minimum atomic E-state index is -2.54. The van der Waals surface area contributed by atoms with Gasteiger partial charge in [0.25, 0.3) is 11.7 Å². The summed E-state index contributed by atoms with van der Waals surface area (Å²) in [6.45, 7) is 15.2. The van der Waals surface area contributed by atoms with Crippen LogP contribution in [-0.2, 0) is 38.1 Å². The van der Waals surface area contributed by atoms with E-state index < -0.39 is 90.1 Å². The largest absolute Gasteiger partial charge is 0.456 e. The third-order valence-electron chi connectivity index (χ3n) is 13.5. The summed E-state index contributed by atoms with van der Waals surface area (Å²) in [5.41, 5.74) is 1.72. The molecule has 0 aromatic rings. The maximum absolute atomic E-state index is 14.5. The predicted octanol–water partition coefficient (Wildman–Crippen LogP) is 4.82. The van der Waals surface area contributed by atoms with Crippen LogP contribution >= 0.6 is 0 Å². The van der Waals surface area contributed by atoms with Gasteiger partial charge in [-0.25, -0.2) is 4.79 Å². The van der Waals surface area contributed by atoms with Crippen molar-refractivity contribution in [3.05, 3.63) is 36.0 Å². The monoisotopic (exact) mass is 820 g/mol. The summed E-state index contributed by atoms with van der Waals surface area (Å²) in [5.74, 6) is -7.31. The summed E-state index contributed by atoms with van der Waals surface area (Å²) in [6, 6.07) is -1.91. The van der Waals surface area contributed by atoms with Crippen LogP contribution in [0.3, 0.4) is 0 Å². The Morgan fingerprint density at radius 1 is 0.914 bits per heavy atom. The Balaban J connectivity index is 1.81. The predicted molar refractivity (Wildman–Crippen MR) is 218 cm³/mol. The van der Waals surface area contributed by atoms with E-state index in [9.17, 15) is 34.8 Å². The second-order valence-electron chi connectivity index (χ2n) is 17.8. The van der Waals surface area contributed by atoms with Gasteiger partial charge in [-0.05, 0) is 95.5 Å². The average molecular weight is 820 g/mol. The van der Waals surface area contributed by atoms with Gasteiger partial charge < -0.3 is 49.0 Å². The number of carbonyl (C=O) groups excluding carboxylic acids is 3. The first kappa shape index (κ1) is 48.2. The second kappa shape index (κ2) is 21.3. The highest BCUT2D eigenvalue weighted by Crippen LogP contribution is 2.40. The first-order valence-electron chi connectivity index (χ1n) is 21.5. The number of amides is 1. The second-order valence-corrected chi connectivity index (χ2v) is 17.8. The van der Waals surface area contributed by atoms with Crippen molar-refractivity contribution in [3.63, 3.8) is 0 Å². The molecule has 330 valence electrons. The zero-order valence-electron chi connectivity index (χ0n) is 36.4. The van der Waals surface area contributed by atoms with E-state index in [1.807, 2.05) is 26.8 Å². The highest BCUT2D eigenvalue weighted by atomic mass is 16.7. The van der Waals surface area contributed by atoms with Gasteiger partial charge in [-0.2, -0.15) is 0 Å². The van der Waals surface area contributed by atoms with E-state index in [2.05, 4.69) is 19.6 Å². The Kier molecular flexibility index (Phi) is 17.7. The number of piperidine rings is 1. The molecule has 58 heavy (non-hydrogen) atoms. The highest BCUT2D eigenvalue weighted by Gasteiger charge is 2.57. The zero-order chi connectivity index (χ0) is 43.1. The van der Waals surface area contributed by atoms with E-state index in [-0.39, 0.29) is 43.1 Å². The van der Waals surface area contributed by atoms with E-state index in [4.69, 9.17) is 23.7 Å². The molecule has 1 aliphatic carbocycles. The van der Waals surface area contributed by atoms with E-state index in [0.717, 1.165) is 5.57 Å². The molecule has 0 aromatic carbocycles. The number of methoxy groups -OCH3 is 3. The zero-order valence-corrected chi connectivity index (χ0v) is 36.4. The minimum Gasteiger partial charge on any atom is -0.456 e. The lowest BCUT2D eigenvalue weighted by molar-refractivity contribution is -0.302. The summed E-state index contributed by atoms with van der Waals surface area (Å²) in [5, 5.41) is 46.0. The van der Waals surface area contributed by atoms with Crippen LogP contribution in [0.2, 0.25) is 0 Å². The lowest BCUT2D eigenvalue weighted by Crippen LogP contribution is -2.65. The molecule has 0 spiro atoms. The van der Waals surface area contributed by atoms with E-state index >= 15 is 0 Å². The molecule has 1 unspecified atom stereocenters. The molecule has 3 fully saturated rings. The van der Waals surface area contributed by atoms with Crippen molar-refractivity contribution in [1.82, 2.24) is 4.90 Å².